The molecular weight excluding hydrogens is 391 g/mol. The SMILES string of the molecule is CCc1cc2c(N(Cc3ccc(C(F)(F)F)cc3)C(N)=O)cccc2c(Cl)n1. The van der Waals surface area contributed by atoms with Crippen molar-refractivity contribution in [2.45, 2.75) is 26.1 Å². The highest BCUT2D eigenvalue weighted by Gasteiger charge is 2.30. The lowest BCUT2D eigenvalue weighted by atomic mass is 10.1. The maximum atomic E-state index is 12.8. The topological polar surface area (TPSA) is 59.2 Å². The number of nitrogens with zero attached hydrogens (tertiary/aromatic N) is 2. The van der Waals surface area contributed by atoms with E-state index < -0.39 is 17.8 Å². The van der Waals surface area contributed by atoms with Gasteiger partial charge < -0.3 is 5.73 Å². The van der Waals surface area contributed by atoms with Gasteiger partial charge in [-0.05, 0) is 36.2 Å². The number of hydrogen-bond acceptors (Lipinski definition) is 2. The average Bonchev–Trinajstić information content (AvgIpc) is 2.65. The Balaban J connectivity index is 2.04. The highest BCUT2D eigenvalue weighted by atomic mass is 35.5. The Labute approximate surface area is 164 Å². The van der Waals surface area contributed by atoms with Gasteiger partial charge in [-0.2, -0.15) is 13.2 Å². The standard InChI is InChI=1S/C20H17ClF3N3O/c1-2-14-10-16-15(18(21)26-14)4-3-5-17(16)27(19(25)28)11-12-6-8-13(9-7-12)20(22,23)24/h3-10H,2,11H2,1H3,(H2,25,28). The third-order valence-corrected chi connectivity index (χ3v) is 4.69. The number of anilines is 1. The Hall–Kier alpha value is -2.80. The van der Waals surface area contributed by atoms with Crippen LogP contribution in [-0.4, -0.2) is 11.0 Å². The summed E-state index contributed by atoms with van der Waals surface area (Å²) in [6.07, 6.45) is -3.77. The predicted molar refractivity (Wildman–Crippen MR) is 103 cm³/mol. The molecule has 8 heteroatoms. The van der Waals surface area contributed by atoms with Gasteiger partial charge in [0.1, 0.15) is 5.15 Å². The van der Waals surface area contributed by atoms with Crippen LogP contribution in [-0.2, 0) is 19.1 Å². The Morgan fingerprint density at radius 3 is 2.39 bits per heavy atom. The molecule has 0 atom stereocenters. The molecule has 0 saturated carbocycles. The molecule has 146 valence electrons. The van der Waals surface area contributed by atoms with Crippen LogP contribution in [0.15, 0.2) is 48.5 Å². The lowest BCUT2D eigenvalue weighted by molar-refractivity contribution is -0.137. The van der Waals surface area contributed by atoms with Crippen molar-refractivity contribution in [3.05, 3.63) is 70.5 Å². The summed E-state index contributed by atoms with van der Waals surface area (Å²) in [6.45, 7) is 1.95. The van der Waals surface area contributed by atoms with Crippen LogP contribution < -0.4 is 10.6 Å². The summed E-state index contributed by atoms with van der Waals surface area (Å²) in [5, 5.41) is 1.68. The Kier molecular flexibility index (Phi) is 5.47. The molecule has 2 aromatic carbocycles. The zero-order valence-electron chi connectivity index (χ0n) is 14.9. The van der Waals surface area contributed by atoms with E-state index in [9.17, 15) is 18.0 Å². The van der Waals surface area contributed by atoms with E-state index in [1.807, 2.05) is 13.0 Å². The minimum Gasteiger partial charge on any atom is -0.351 e. The van der Waals surface area contributed by atoms with Crippen molar-refractivity contribution in [3.8, 4) is 0 Å². The van der Waals surface area contributed by atoms with Gasteiger partial charge in [0.15, 0.2) is 0 Å². The zero-order valence-corrected chi connectivity index (χ0v) is 15.7. The first-order chi connectivity index (χ1) is 13.2. The molecule has 3 rings (SSSR count). The summed E-state index contributed by atoms with van der Waals surface area (Å²) in [7, 11) is 0. The third-order valence-electron chi connectivity index (χ3n) is 4.40. The van der Waals surface area contributed by atoms with E-state index in [0.29, 0.717) is 33.6 Å². The number of aryl methyl sites for hydroxylation is 1. The molecule has 1 heterocycles. The first kappa shape index (κ1) is 19.9. The summed E-state index contributed by atoms with van der Waals surface area (Å²) in [5.74, 6) is 0. The van der Waals surface area contributed by atoms with E-state index >= 15 is 0 Å². The molecule has 0 saturated heterocycles. The maximum Gasteiger partial charge on any atom is 0.416 e. The number of primary amides is 1. The Morgan fingerprint density at radius 1 is 1.14 bits per heavy atom. The number of aromatic nitrogens is 1. The van der Waals surface area contributed by atoms with E-state index in [2.05, 4.69) is 4.98 Å². The summed E-state index contributed by atoms with van der Waals surface area (Å²) < 4.78 is 38.3. The molecule has 2 N–H and O–H groups in total. The Morgan fingerprint density at radius 2 is 1.82 bits per heavy atom. The summed E-state index contributed by atoms with van der Waals surface area (Å²) in [4.78, 5) is 17.7. The van der Waals surface area contributed by atoms with Gasteiger partial charge in [-0.25, -0.2) is 9.78 Å². The molecule has 0 aliphatic heterocycles. The highest BCUT2D eigenvalue weighted by Crippen LogP contribution is 2.33. The van der Waals surface area contributed by atoms with Crippen molar-refractivity contribution >= 4 is 34.1 Å². The lowest BCUT2D eigenvalue weighted by Gasteiger charge is -2.23. The van der Waals surface area contributed by atoms with Crippen molar-refractivity contribution in [1.29, 1.82) is 0 Å². The fraction of sp³-hybridized carbons (Fsp3) is 0.200. The van der Waals surface area contributed by atoms with Crippen LogP contribution in [0.1, 0.15) is 23.7 Å². The Bertz CT molecular complexity index is 1020. The number of amides is 2. The number of alkyl halides is 3. The molecule has 0 spiro atoms. The third kappa shape index (κ3) is 4.04. The number of halogens is 4. The molecule has 0 aliphatic rings. The minimum atomic E-state index is -4.42. The summed E-state index contributed by atoms with van der Waals surface area (Å²) in [5.41, 5.74) is 6.61. The van der Waals surface area contributed by atoms with Gasteiger partial charge in [-0.1, -0.05) is 42.8 Å². The number of carbonyl (C=O) groups excluding carboxylic acids is 1. The van der Waals surface area contributed by atoms with Crippen LogP contribution >= 0.6 is 11.6 Å². The second-order valence-corrected chi connectivity index (χ2v) is 6.61. The molecule has 0 radical (unpaired) electrons. The normalized spacial score (nSPS) is 11.6. The number of pyridine rings is 1. The summed E-state index contributed by atoms with van der Waals surface area (Å²) in [6, 6.07) is 10.9. The van der Waals surface area contributed by atoms with Gasteiger partial charge in [0.25, 0.3) is 0 Å². The highest BCUT2D eigenvalue weighted by molar-refractivity contribution is 6.34. The quantitative estimate of drug-likeness (QED) is 0.576. The van der Waals surface area contributed by atoms with E-state index in [1.54, 1.807) is 18.2 Å². The molecule has 4 nitrogen and oxygen atoms in total. The smallest absolute Gasteiger partial charge is 0.351 e. The van der Waals surface area contributed by atoms with Gasteiger partial charge in [-0.3, -0.25) is 4.90 Å². The van der Waals surface area contributed by atoms with Crippen LogP contribution in [0.4, 0.5) is 23.7 Å². The number of hydrogen-bond donors (Lipinski definition) is 1. The molecule has 0 unspecified atom stereocenters. The molecule has 0 aliphatic carbocycles. The van der Waals surface area contributed by atoms with Crippen molar-refractivity contribution in [2.24, 2.45) is 5.73 Å². The maximum absolute atomic E-state index is 12.8. The number of urea groups is 1. The molecule has 0 bridgehead atoms. The number of rotatable bonds is 4. The summed E-state index contributed by atoms with van der Waals surface area (Å²) >= 11 is 6.27. The van der Waals surface area contributed by atoms with Crippen molar-refractivity contribution in [3.63, 3.8) is 0 Å². The largest absolute Gasteiger partial charge is 0.416 e. The van der Waals surface area contributed by atoms with Crippen LogP contribution in [0.5, 0.6) is 0 Å². The van der Waals surface area contributed by atoms with Crippen LogP contribution in [0.25, 0.3) is 10.8 Å². The van der Waals surface area contributed by atoms with Gasteiger partial charge in [0.05, 0.1) is 17.8 Å². The number of fused-ring (bicyclic) bond motifs is 1. The second-order valence-electron chi connectivity index (χ2n) is 6.25. The van der Waals surface area contributed by atoms with Gasteiger partial charge in [-0.15, -0.1) is 0 Å². The first-order valence-corrected chi connectivity index (χ1v) is 8.89. The molecular formula is C20H17ClF3N3O. The van der Waals surface area contributed by atoms with E-state index in [0.717, 1.165) is 17.8 Å². The van der Waals surface area contributed by atoms with Crippen LogP contribution in [0.3, 0.4) is 0 Å². The molecule has 0 fully saturated rings. The first-order valence-electron chi connectivity index (χ1n) is 8.52. The fourth-order valence-corrected chi connectivity index (χ4v) is 3.22. The van der Waals surface area contributed by atoms with Crippen LogP contribution in [0.2, 0.25) is 5.15 Å². The van der Waals surface area contributed by atoms with Gasteiger partial charge in [0.2, 0.25) is 0 Å². The van der Waals surface area contributed by atoms with Crippen molar-refractivity contribution in [2.75, 3.05) is 4.90 Å². The number of benzene rings is 2. The van der Waals surface area contributed by atoms with Gasteiger partial charge in [0, 0.05) is 16.5 Å². The predicted octanol–water partition coefficient (Wildman–Crippen LogP) is 5.55. The number of nitrogens with two attached hydrogens (primary N) is 1. The second kappa shape index (κ2) is 7.67. The van der Waals surface area contributed by atoms with Crippen molar-refractivity contribution < 1.29 is 18.0 Å². The minimum absolute atomic E-state index is 0.0218. The molecule has 28 heavy (non-hydrogen) atoms. The average molecular weight is 408 g/mol. The van der Waals surface area contributed by atoms with E-state index in [1.165, 1.54) is 17.0 Å². The molecule has 1 aromatic heterocycles. The monoisotopic (exact) mass is 407 g/mol. The van der Waals surface area contributed by atoms with E-state index in [4.69, 9.17) is 17.3 Å². The number of carbonyl (C=O) groups is 1. The zero-order chi connectivity index (χ0) is 20.5. The molecule has 2 amide bonds. The molecule has 3 aromatic rings. The lowest BCUT2D eigenvalue weighted by Crippen LogP contribution is -2.35. The van der Waals surface area contributed by atoms with Gasteiger partial charge >= 0.3 is 12.2 Å². The van der Waals surface area contributed by atoms with Crippen LogP contribution in [0, 0.1) is 0 Å². The fourth-order valence-electron chi connectivity index (χ4n) is 2.95. The van der Waals surface area contributed by atoms with Crippen molar-refractivity contribution in [1.82, 2.24) is 4.98 Å². The van der Waals surface area contributed by atoms with E-state index in [-0.39, 0.29) is 6.54 Å².